The predicted molar refractivity (Wildman–Crippen MR) is 132 cm³/mol. The van der Waals surface area contributed by atoms with E-state index in [0.29, 0.717) is 17.7 Å². The SMILES string of the molecule is CN1C(=O)OCC1CCCN1CCC(C(O)(c2ccc(F)cc2)c2ccc(F)cc2)CC1.O=C(O)C(=O)O. The van der Waals surface area contributed by atoms with Gasteiger partial charge in [0.1, 0.15) is 23.8 Å². The van der Waals surface area contributed by atoms with Crippen molar-refractivity contribution in [1.29, 1.82) is 0 Å². The Kier molecular flexibility index (Phi) is 9.76. The number of halogens is 2. The van der Waals surface area contributed by atoms with E-state index in [0.717, 1.165) is 45.3 Å². The number of carboxylic acids is 2. The first-order valence-corrected chi connectivity index (χ1v) is 12.3. The molecule has 0 saturated carbocycles. The number of carbonyl (C=O) groups is 3. The summed E-state index contributed by atoms with van der Waals surface area (Å²) in [6.07, 6.45) is 3.16. The first-order chi connectivity index (χ1) is 18.0. The molecule has 11 heteroatoms. The van der Waals surface area contributed by atoms with Gasteiger partial charge in [0, 0.05) is 7.05 Å². The Morgan fingerprint density at radius 1 is 0.947 bits per heavy atom. The smallest absolute Gasteiger partial charge is 0.414 e. The molecule has 0 aliphatic carbocycles. The van der Waals surface area contributed by atoms with E-state index in [9.17, 15) is 18.7 Å². The second-order valence-corrected chi connectivity index (χ2v) is 9.49. The monoisotopic (exact) mass is 534 g/mol. The summed E-state index contributed by atoms with van der Waals surface area (Å²) in [4.78, 5) is 33.7. The highest BCUT2D eigenvalue weighted by Crippen LogP contribution is 2.42. The number of carboxylic acid groups (broad SMARTS) is 2. The molecule has 0 aromatic heterocycles. The third kappa shape index (κ3) is 7.05. The molecule has 2 saturated heterocycles. The molecule has 2 heterocycles. The maximum Gasteiger partial charge on any atom is 0.414 e. The van der Waals surface area contributed by atoms with Gasteiger partial charge < -0.3 is 29.9 Å². The quantitative estimate of drug-likeness (QED) is 0.462. The molecule has 38 heavy (non-hydrogen) atoms. The number of carbonyl (C=O) groups excluding carboxylic acids is 1. The van der Waals surface area contributed by atoms with Gasteiger partial charge in [-0.25, -0.2) is 23.2 Å². The zero-order chi connectivity index (χ0) is 27.9. The average molecular weight is 535 g/mol. The van der Waals surface area contributed by atoms with Gasteiger partial charge in [-0.2, -0.15) is 0 Å². The van der Waals surface area contributed by atoms with Gasteiger partial charge in [0.2, 0.25) is 0 Å². The van der Waals surface area contributed by atoms with Crippen LogP contribution in [0.25, 0.3) is 0 Å². The fourth-order valence-corrected chi connectivity index (χ4v) is 4.98. The van der Waals surface area contributed by atoms with Crippen molar-refractivity contribution in [3.05, 3.63) is 71.3 Å². The second kappa shape index (κ2) is 12.8. The van der Waals surface area contributed by atoms with Crippen molar-refractivity contribution in [1.82, 2.24) is 9.80 Å². The van der Waals surface area contributed by atoms with E-state index >= 15 is 0 Å². The van der Waals surface area contributed by atoms with Crippen molar-refractivity contribution in [3.63, 3.8) is 0 Å². The molecule has 9 nitrogen and oxygen atoms in total. The Labute approximate surface area is 219 Å². The highest BCUT2D eigenvalue weighted by Gasteiger charge is 2.41. The minimum atomic E-state index is -1.82. The van der Waals surface area contributed by atoms with Gasteiger partial charge in [-0.15, -0.1) is 0 Å². The maximum atomic E-state index is 13.5. The molecule has 0 spiro atoms. The fraction of sp³-hybridized carbons (Fsp3) is 0.444. The van der Waals surface area contributed by atoms with Crippen LogP contribution in [0.15, 0.2) is 48.5 Å². The van der Waals surface area contributed by atoms with Gasteiger partial charge in [0.05, 0.1) is 6.04 Å². The Bertz CT molecular complexity index is 1050. The largest absolute Gasteiger partial charge is 0.473 e. The zero-order valence-electron chi connectivity index (χ0n) is 21.1. The number of hydrogen-bond acceptors (Lipinski definition) is 6. The van der Waals surface area contributed by atoms with Crippen LogP contribution in [-0.2, 0) is 19.9 Å². The highest BCUT2D eigenvalue weighted by atomic mass is 19.1. The van der Waals surface area contributed by atoms with Crippen molar-refractivity contribution in [2.24, 2.45) is 5.92 Å². The van der Waals surface area contributed by atoms with Gasteiger partial charge in [0.15, 0.2) is 0 Å². The van der Waals surface area contributed by atoms with Crippen LogP contribution in [0.4, 0.5) is 13.6 Å². The van der Waals surface area contributed by atoms with Crippen LogP contribution in [0, 0.1) is 17.6 Å². The van der Waals surface area contributed by atoms with E-state index < -0.39 is 17.5 Å². The minimum Gasteiger partial charge on any atom is -0.473 e. The highest BCUT2D eigenvalue weighted by molar-refractivity contribution is 6.27. The molecule has 1 unspecified atom stereocenters. The Morgan fingerprint density at radius 2 is 1.42 bits per heavy atom. The molecule has 2 aliphatic heterocycles. The minimum absolute atomic E-state index is 0.0679. The Hall–Kier alpha value is -3.57. The van der Waals surface area contributed by atoms with Crippen LogP contribution in [-0.4, -0.2) is 82.5 Å². The lowest BCUT2D eigenvalue weighted by Crippen LogP contribution is -2.44. The van der Waals surface area contributed by atoms with Crippen molar-refractivity contribution < 1.29 is 43.2 Å². The number of nitrogens with zero attached hydrogens (tertiary/aromatic N) is 2. The molecule has 1 amide bonds. The lowest BCUT2D eigenvalue weighted by Gasteiger charge is -2.42. The normalized spacial score (nSPS) is 18.5. The van der Waals surface area contributed by atoms with E-state index in [4.69, 9.17) is 24.5 Å². The number of piperidine rings is 1. The summed E-state index contributed by atoms with van der Waals surface area (Å²) in [5.41, 5.74) is -0.0617. The van der Waals surface area contributed by atoms with Gasteiger partial charge in [-0.1, -0.05) is 24.3 Å². The molecule has 3 N–H and O–H groups in total. The summed E-state index contributed by atoms with van der Waals surface area (Å²) >= 11 is 0. The number of amides is 1. The third-order valence-corrected chi connectivity index (χ3v) is 7.18. The van der Waals surface area contributed by atoms with Gasteiger partial charge in [-0.3, -0.25) is 0 Å². The van der Waals surface area contributed by atoms with Crippen LogP contribution in [0.3, 0.4) is 0 Å². The number of ether oxygens (including phenoxy) is 1. The van der Waals surface area contributed by atoms with Crippen LogP contribution >= 0.6 is 0 Å². The second-order valence-electron chi connectivity index (χ2n) is 9.49. The zero-order valence-corrected chi connectivity index (χ0v) is 21.1. The first kappa shape index (κ1) is 29.0. The molecule has 1 atom stereocenters. The van der Waals surface area contributed by atoms with Crippen molar-refractivity contribution >= 4 is 18.0 Å². The number of aliphatic carboxylic acids is 2. The van der Waals surface area contributed by atoms with Crippen molar-refractivity contribution in [3.8, 4) is 0 Å². The first-order valence-electron chi connectivity index (χ1n) is 12.3. The topological polar surface area (TPSA) is 128 Å². The number of cyclic esters (lactones) is 1. The fourth-order valence-electron chi connectivity index (χ4n) is 4.98. The molecule has 0 bridgehead atoms. The molecule has 2 fully saturated rings. The molecular formula is C27H32F2N2O7. The standard InChI is InChI=1S/C25H30F2N2O3.C2H2O4/c1-28-23(17-32-24(28)30)3-2-14-29-15-12-20(13-16-29)25(31,18-4-8-21(26)9-5-18)19-6-10-22(27)11-7-19;3-1(4)2(5)6/h4-11,20,23,31H,2-3,12-17H2,1H3;(H,3,4)(H,5,6). The molecule has 206 valence electrons. The summed E-state index contributed by atoms with van der Waals surface area (Å²) in [6, 6.07) is 12.0. The van der Waals surface area contributed by atoms with E-state index in [1.165, 1.54) is 24.3 Å². The van der Waals surface area contributed by atoms with Gasteiger partial charge in [-0.05, 0) is 86.6 Å². The summed E-state index contributed by atoms with van der Waals surface area (Å²) in [6.45, 7) is 3.06. The van der Waals surface area contributed by atoms with Gasteiger partial charge >= 0.3 is 18.0 Å². The molecular weight excluding hydrogens is 502 g/mol. The van der Waals surface area contributed by atoms with Crippen LogP contribution in [0.2, 0.25) is 0 Å². The predicted octanol–water partition coefficient (Wildman–Crippen LogP) is 3.30. The summed E-state index contributed by atoms with van der Waals surface area (Å²) in [5.74, 6) is -4.43. The van der Waals surface area contributed by atoms with Crippen LogP contribution in [0.5, 0.6) is 0 Å². The van der Waals surface area contributed by atoms with E-state index in [1.54, 1.807) is 36.2 Å². The van der Waals surface area contributed by atoms with Crippen molar-refractivity contribution in [2.45, 2.75) is 37.3 Å². The molecule has 4 rings (SSSR count). The number of hydrogen-bond donors (Lipinski definition) is 3. The summed E-state index contributed by atoms with van der Waals surface area (Å²) in [7, 11) is 1.78. The van der Waals surface area contributed by atoms with E-state index in [1.807, 2.05) is 0 Å². The molecule has 2 aliphatic rings. The Balaban J connectivity index is 0.000000599. The van der Waals surface area contributed by atoms with Crippen LogP contribution in [0.1, 0.15) is 36.8 Å². The molecule has 2 aromatic rings. The molecule has 0 radical (unpaired) electrons. The average Bonchev–Trinajstić information content (AvgIpc) is 3.22. The Morgan fingerprint density at radius 3 is 1.82 bits per heavy atom. The van der Waals surface area contributed by atoms with Crippen molar-refractivity contribution in [2.75, 3.05) is 33.3 Å². The third-order valence-electron chi connectivity index (χ3n) is 7.18. The maximum absolute atomic E-state index is 13.5. The van der Waals surface area contributed by atoms with E-state index in [2.05, 4.69) is 4.90 Å². The van der Waals surface area contributed by atoms with Crippen LogP contribution < -0.4 is 0 Å². The van der Waals surface area contributed by atoms with Gasteiger partial charge in [0.25, 0.3) is 0 Å². The summed E-state index contributed by atoms with van der Waals surface area (Å²) in [5, 5.41) is 26.7. The number of likely N-dealkylation sites (N-methyl/N-ethyl adjacent to an activating group) is 1. The number of aliphatic hydroxyl groups is 1. The summed E-state index contributed by atoms with van der Waals surface area (Å²) < 4.78 is 32.1. The molecule has 2 aromatic carbocycles. The lowest BCUT2D eigenvalue weighted by atomic mass is 9.72. The number of rotatable bonds is 7. The number of benzene rings is 2. The lowest BCUT2D eigenvalue weighted by molar-refractivity contribution is -0.159. The van der Waals surface area contributed by atoms with E-state index in [-0.39, 0.29) is 29.7 Å². The number of likely N-dealkylation sites (tertiary alicyclic amines) is 1.